The molecule has 0 aliphatic carbocycles. The molecule has 120 valence electrons. The van der Waals surface area contributed by atoms with Gasteiger partial charge in [-0.15, -0.1) is 0 Å². The third-order valence-electron chi connectivity index (χ3n) is 4.94. The maximum Gasteiger partial charge on any atom is 0.0599 e. The van der Waals surface area contributed by atoms with Crippen LogP contribution in [0.4, 0.5) is 0 Å². The molecule has 2 heterocycles. The molecule has 1 N–H and O–H groups in total. The molecule has 1 fully saturated rings. The van der Waals surface area contributed by atoms with Gasteiger partial charge in [-0.2, -0.15) is 0 Å². The van der Waals surface area contributed by atoms with Crippen LogP contribution in [-0.2, 0) is 17.7 Å². The molecule has 0 spiro atoms. The summed E-state index contributed by atoms with van der Waals surface area (Å²) >= 11 is 0. The van der Waals surface area contributed by atoms with E-state index < -0.39 is 0 Å². The molecule has 1 aliphatic heterocycles. The monoisotopic (exact) mass is 300 g/mol. The highest BCUT2D eigenvalue weighted by Crippen LogP contribution is 2.28. The summed E-state index contributed by atoms with van der Waals surface area (Å²) in [5, 5.41) is 1.41. The minimum absolute atomic E-state index is 0.470. The quantitative estimate of drug-likeness (QED) is 0.902. The normalized spacial score (nSPS) is 17.4. The Morgan fingerprint density at radius 1 is 1.27 bits per heavy atom. The Bertz CT molecular complexity index is 624. The molecule has 0 bridgehead atoms. The van der Waals surface area contributed by atoms with Crippen LogP contribution in [0, 0.1) is 6.92 Å². The zero-order valence-electron chi connectivity index (χ0n) is 14.1. The summed E-state index contributed by atoms with van der Waals surface area (Å²) < 4.78 is 5.77. The molecule has 1 aromatic carbocycles. The zero-order chi connectivity index (χ0) is 15.5. The second-order valence-corrected chi connectivity index (χ2v) is 6.38. The predicted octanol–water partition coefficient (Wildman–Crippen LogP) is 4.04. The van der Waals surface area contributed by atoms with Crippen molar-refractivity contribution in [2.24, 2.45) is 0 Å². The maximum absolute atomic E-state index is 5.77. The second kappa shape index (κ2) is 6.84. The van der Waals surface area contributed by atoms with E-state index in [0.29, 0.717) is 6.10 Å². The van der Waals surface area contributed by atoms with Gasteiger partial charge in [-0.25, -0.2) is 0 Å². The van der Waals surface area contributed by atoms with E-state index in [9.17, 15) is 0 Å². The fraction of sp³-hybridized carbons (Fsp3) is 0.579. The average Bonchev–Trinajstić information content (AvgIpc) is 3.02. The Balaban J connectivity index is 1.79. The molecule has 1 saturated heterocycles. The highest BCUT2D eigenvalue weighted by molar-refractivity contribution is 5.87. The smallest absolute Gasteiger partial charge is 0.0599 e. The van der Waals surface area contributed by atoms with E-state index in [1.165, 1.54) is 27.6 Å². The zero-order valence-corrected chi connectivity index (χ0v) is 14.1. The number of hydrogen-bond acceptors (Lipinski definition) is 2. The standard InChI is InChI=1S/C19H28N2O/c1-4-15-12-14(3)19-17(6-9-20-19)18(15)13-21-10-7-16(8-11-21)22-5-2/h6,9,12,16,20H,4-5,7-8,10-11,13H2,1-3H3. The average molecular weight is 300 g/mol. The number of aromatic nitrogens is 1. The lowest BCUT2D eigenvalue weighted by Gasteiger charge is -2.32. The lowest BCUT2D eigenvalue weighted by molar-refractivity contribution is 0.0125. The molecule has 1 aromatic heterocycles. The van der Waals surface area contributed by atoms with E-state index in [0.717, 1.165) is 45.5 Å². The number of fused-ring (bicyclic) bond motifs is 1. The first-order chi connectivity index (χ1) is 10.7. The van der Waals surface area contributed by atoms with Gasteiger partial charge >= 0.3 is 0 Å². The molecule has 0 amide bonds. The number of ether oxygens (including phenoxy) is 1. The number of likely N-dealkylation sites (tertiary alicyclic amines) is 1. The van der Waals surface area contributed by atoms with Gasteiger partial charge in [0.2, 0.25) is 0 Å². The van der Waals surface area contributed by atoms with Gasteiger partial charge in [-0.1, -0.05) is 13.0 Å². The number of hydrogen-bond donors (Lipinski definition) is 1. The summed E-state index contributed by atoms with van der Waals surface area (Å²) in [6, 6.07) is 4.60. The fourth-order valence-corrected chi connectivity index (χ4v) is 3.74. The number of H-pyrrole nitrogens is 1. The van der Waals surface area contributed by atoms with Crippen molar-refractivity contribution in [2.45, 2.75) is 52.7 Å². The third kappa shape index (κ3) is 3.06. The van der Waals surface area contributed by atoms with Crippen molar-refractivity contribution in [3.05, 3.63) is 35.0 Å². The van der Waals surface area contributed by atoms with Crippen molar-refractivity contribution in [2.75, 3.05) is 19.7 Å². The molecule has 0 unspecified atom stereocenters. The molecule has 2 aromatic rings. The van der Waals surface area contributed by atoms with Gasteiger partial charge in [0.15, 0.2) is 0 Å². The number of piperidine rings is 1. The highest BCUT2D eigenvalue weighted by Gasteiger charge is 2.21. The topological polar surface area (TPSA) is 28.3 Å². The van der Waals surface area contributed by atoms with Crippen LogP contribution in [-0.4, -0.2) is 35.7 Å². The number of rotatable bonds is 5. The molecular weight excluding hydrogens is 272 g/mol. The molecule has 3 rings (SSSR count). The molecular formula is C19H28N2O. The number of nitrogens with zero attached hydrogens (tertiary/aromatic N) is 1. The van der Waals surface area contributed by atoms with Crippen LogP contribution >= 0.6 is 0 Å². The third-order valence-corrected chi connectivity index (χ3v) is 4.94. The van der Waals surface area contributed by atoms with Crippen molar-refractivity contribution >= 4 is 10.9 Å². The Morgan fingerprint density at radius 3 is 2.73 bits per heavy atom. The van der Waals surface area contributed by atoms with Crippen molar-refractivity contribution in [3.8, 4) is 0 Å². The molecule has 1 aliphatic rings. The van der Waals surface area contributed by atoms with E-state index in [1.807, 2.05) is 0 Å². The minimum Gasteiger partial charge on any atom is -0.378 e. The number of benzene rings is 1. The summed E-state index contributed by atoms with van der Waals surface area (Å²) in [4.78, 5) is 5.99. The number of aryl methyl sites for hydroxylation is 2. The van der Waals surface area contributed by atoms with Crippen molar-refractivity contribution in [3.63, 3.8) is 0 Å². The molecule has 22 heavy (non-hydrogen) atoms. The summed E-state index contributed by atoms with van der Waals surface area (Å²) in [5.41, 5.74) is 5.67. The van der Waals surface area contributed by atoms with Crippen molar-refractivity contribution in [1.82, 2.24) is 9.88 Å². The Morgan fingerprint density at radius 2 is 2.05 bits per heavy atom. The maximum atomic E-state index is 5.77. The van der Waals surface area contributed by atoms with Gasteiger partial charge < -0.3 is 9.72 Å². The largest absolute Gasteiger partial charge is 0.378 e. The lowest BCUT2D eigenvalue weighted by Crippen LogP contribution is -2.36. The van der Waals surface area contributed by atoms with Crippen LogP contribution in [0.5, 0.6) is 0 Å². The summed E-state index contributed by atoms with van der Waals surface area (Å²) in [6.07, 6.45) is 5.97. The van der Waals surface area contributed by atoms with Gasteiger partial charge in [-0.3, -0.25) is 4.90 Å². The van der Waals surface area contributed by atoms with Crippen LogP contribution < -0.4 is 0 Å². The van der Waals surface area contributed by atoms with Crippen molar-refractivity contribution < 1.29 is 4.74 Å². The molecule has 3 heteroatoms. The molecule has 0 atom stereocenters. The van der Waals surface area contributed by atoms with E-state index in [4.69, 9.17) is 4.74 Å². The van der Waals surface area contributed by atoms with Gasteiger partial charge in [0.05, 0.1) is 6.10 Å². The highest BCUT2D eigenvalue weighted by atomic mass is 16.5. The van der Waals surface area contributed by atoms with Crippen LogP contribution in [0.1, 0.15) is 43.4 Å². The van der Waals surface area contributed by atoms with Gasteiger partial charge in [-0.05, 0) is 55.9 Å². The first-order valence-corrected chi connectivity index (χ1v) is 8.65. The van der Waals surface area contributed by atoms with E-state index in [-0.39, 0.29) is 0 Å². The van der Waals surface area contributed by atoms with Gasteiger partial charge in [0.1, 0.15) is 0 Å². The number of aromatic amines is 1. The Hall–Kier alpha value is -1.32. The van der Waals surface area contributed by atoms with Crippen LogP contribution in [0.15, 0.2) is 18.3 Å². The fourth-order valence-electron chi connectivity index (χ4n) is 3.74. The Labute approximate surface area is 133 Å². The van der Waals surface area contributed by atoms with Crippen LogP contribution in [0.2, 0.25) is 0 Å². The Kier molecular flexibility index (Phi) is 4.84. The van der Waals surface area contributed by atoms with E-state index >= 15 is 0 Å². The van der Waals surface area contributed by atoms with Gasteiger partial charge in [0.25, 0.3) is 0 Å². The first-order valence-electron chi connectivity index (χ1n) is 8.65. The summed E-state index contributed by atoms with van der Waals surface area (Å²) in [6.45, 7) is 10.8. The van der Waals surface area contributed by atoms with Crippen LogP contribution in [0.3, 0.4) is 0 Å². The van der Waals surface area contributed by atoms with E-state index in [2.05, 4.69) is 49.0 Å². The lowest BCUT2D eigenvalue weighted by atomic mass is 9.96. The molecule has 3 nitrogen and oxygen atoms in total. The molecule has 0 radical (unpaired) electrons. The molecule has 0 saturated carbocycles. The predicted molar refractivity (Wildman–Crippen MR) is 92.3 cm³/mol. The van der Waals surface area contributed by atoms with E-state index in [1.54, 1.807) is 0 Å². The van der Waals surface area contributed by atoms with Crippen molar-refractivity contribution in [1.29, 1.82) is 0 Å². The summed E-state index contributed by atoms with van der Waals surface area (Å²) in [5.74, 6) is 0. The van der Waals surface area contributed by atoms with Gasteiger partial charge in [0, 0.05) is 43.3 Å². The van der Waals surface area contributed by atoms with Crippen LogP contribution in [0.25, 0.3) is 10.9 Å². The SMILES string of the molecule is CCOC1CCN(Cc2c(CC)cc(C)c3[nH]ccc23)CC1. The second-order valence-electron chi connectivity index (χ2n) is 6.38. The first kappa shape index (κ1) is 15.6. The number of nitrogens with one attached hydrogen (secondary N) is 1. The minimum atomic E-state index is 0.470. The summed E-state index contributed by atoms with van der Waals surface area (Å²) in [7, 11) is 0.